The molecule has 0 spiro atoms. The molecule has 0 saturated heterocycles. The van der Waals surface area contributed by atoms with Crippen LogP contribution in [-0.2, 0) is 18.0 Å². The number of phosphoric ester groups is 1. The van der Waals surface area contributed by atoms with Gasteiger partial charge in [0, 0.05) is 0 Å². The Hall–Kier alpha value is -0.120. The number of phosphoric acid groups is 2. The number of allylic oxidation sites excluding steroid dienone is 1. The summed E-state index contributed by atoms with van der Waals surface area (Å²) in [4.78, 5) is 30.6. The van der Waals surface area contributed by atoms with Gasteiger partial charge in [0.1, 0.15) is 0 Å². The normalized spacial score (nSPS) is 12.9. The molecule has 66 heavy (non-hydrogen) atoms. The van der Waals surface area contributed by atoms with Crippen molar-refractivity contribution in [3.05, 3.63) is 11.6 Å². The van der Waals surface area contributed by atoms with Crippen LogP contribution >= 0.6 is 15.6 Å². The van der Waals surface area contributed by atoms with E-state index in [-0.39, 0.29) is 13.0 Å². The summed E-state index contributed by atoms with van der Waals surface area (Å²) in [7, 11) is -10.6. The van der Waals surface area contributed by atoms with Crippen LogP contribution in [0.5, 0.6) is 0 Å². The van der Waals surface area contributed by atoms with E-state index in [4.69, 9.17) is 0 Å². The van der Waals surface area contributed by atoms with Crippen molar-refractivity contribution in [3.8, 4) is 0 Å². The van der Waals surface area contributed by atoms with Crippen LogP contribution in [-0.4, -0.2) is 98.6 Å². The highest BCUT2D eigenvalue weighted by atomic mass is 31.3. The molecule has 0 amide bonds. The molecule has 0 aliphatic rings. The third-order valence-electron chi connectivity index (χ3n) is 13.0. The van der Waals surface area contributed by atoms with Gasteiger partial charge in [-0.2, -0.15) is 0 Å². The second-order valence-electron chi connectivity index (χ2n) is 19.8. The van der Waals surface area contributed by atoms with E-state index in [1.807, 2.05) is 0 Å². The first-order valence-electron chi connectivity index (χ1n) is 28.2. The third-order valence-corrected chi connectivity index (χ3v) is 15.1. The molecule has 1 atom stereocenters. The van der Waals surface area contributed by atoms with E-state index in [0.29, 0.717) is 0 Å². The predicted octanol–water partition coefficient (Wildman–Crippen LogP) is 14.7. The Morgan fingerprint density at radius 2 is 0.561 bits per heavy atom. The van der Waals surface area contributed by atoms with Crippen molar-refractivity contribution in [2.75, 3.05) is 85.1 Å². The zero-order valence-corrected chi connectivity index (χ0v) is 48.8. The van der Waals surface area contributed by atoms with E-state index in [0.717, 1.165) is 5.57 Å². The van der Waals surface area contributed by atoms with Gasteiger partial charge in [0.15, 0.2) is 0 Å². The highest BCUT2D eigenvalue weighted by Gasteiger charge is 2.27. The first-order chi connectivity index (χ1) is 31.4. The fraction of sp³-hybridized carbons (Fsp3) is 0.963. The maximum absolute atomic E-state index is 10.7. The second kappa shape index (κ2) is 48.5. The van der Waals surface area contributed by atoms with Gasteiger partial charge in [-0.05, 0) is 97.3 Å². The molecule has 0 heterocycles. The molecule has 12 heteroatoms. The SMILES string of the molecule is CC(C)=CCCOP(=O)([O-])OP(=O)([O-])[O-].CCCC[N+](CCCC)(CCCC)CCCC.CCCC[N+](CCCC)(CCCC)CCCC.CCCC[N+](CCCC)(CCCC)CCCC. The van der Waals surface area contributed by atoms with Crippen LogP contribution in [0.2, 0.25) is 0 Å². The van der Waals surface area contributed by atoms with Crippen molar-refractivity contribution >= 4 is 15.6 Å². The van der Waals surface area contributed by atoms with Crippen molar-refractivity contribution in [1.29, 1.82) is 0 Å². The Morgan fingerprint density at radius 3 is 0.697 bits per heavy atom. The molecular formula is C54H119N3O7P2. The monoisotopic (exact) mass is 984 g/mol. The summed E-state index contributed by atoms with van der Waals surface area (Å²) in [6.45, 7) is 48.4. The number of hydrogen-bond acceptors (Lipinski definition) is 7. The minimum atomic E-state index is -5.57. The van der Waals surface area contributed by atoms with Crippen LogP contribution in [0.1, 0.15) is 257 Å². The summed E-state index contributed by atoms with van der Waals surface area (Å²) in [6.07, 6.45) is 35.2. The maximum Gasteiger partial charge on any atom is 0.271 e. The smallest absolute Gasteiger partial charge is 0.271 e. The molecule has 0 saturated carbocycles. The van der Waals surface area contributed by atoms with Crippen molar-refractivity contribution in [1.82, 2.24) is 0 Å². The Kier molecular flexibility index (Phi) is 53.2. The molecule has 0 aliphatic carbocycles. The molecule has 402 valence electrons. The zero-order valence-electron chi connectivity index (χ0n) is 47.0. The molecule has 0 fully saturated rings. The van der Waals surface area contributed by atoms with Crippen molar-refractivity contribution in [2.24, 2.45) is 0 Å². The van der Waals surface area contributed by atoms with Crippen molar-refractivity contribution in [2.45, 2.75) is 257 Å². The lowest BCUT2D eigenvalue weighted by atomic mass is 10.1. The molecular weight excluding hydrogens is 865 g/mol. The van der Waals surface area contributed by atoms with E-state index in [9.17, 15) is 23.8 Å². The van der Waals surface area contributed by atoms with Crippen molar-refractivity contribution in [3.63, 3.8) is 0 Å². The Balaban J connectivity index is -0.000000389. The minimum absolute atomic E-state index is 0.272. The van der Waals surface area contributed by atoms with Crippen LogP contribution in [0.15, 0.2) is 11.6 Å². The molecule has 0 aliphatic heterocycles. The zero-order chi connectivity index (χ0) is 51.1. The summed E-state index contributed by atoms with van der Waals surface area (Å²) in [5.74, 6) is 0. The number of quaternary nitrogens is 3. The van der Waals surface area contributed by atoms with Crippen molar-refractivity contribution < 1.29 is 46.1 Å². The number of nitrogens with zero attached hydrogens (tertiary/aromatic N) is 3. The van der Waals surface area contributed by atoms with E-state index >= 15 is 0 Å². The van der Waals surface area contributed by atoms with Gasteiger partial charge in [-0.15, -0.1) is 0 Å². The van der Waals surface area contributed by atoms with E-state index in [1.54, 1.807) is 19.9 Å². The van der Waals surface area contributed by atoms with Crippen LogP contribution in [0, 0.1) is 0 Å². The quantitative estimate of drug-likeness (QED) is 0.0258. The summed E-state index contributed by atoms with van der Waals surface area (Å²) in [6, 6.07) is 0. The van der Waals surface area contributed by atoms with E-state index < -0.39 is 15.6 Å². The number of hydrogen-bond donors (Lipinski definition) is 0. The molecule has 0 aromatic heterocycles. The average molecular weight is 985 g/mol. The van der Waals surface area contributed by atoms with Gasteiger partial charge < -0.3 is 37.2 Å². The largest absolute Gasteiger partial charge is 0.790 e. The Bertz CT molecular complexity index is 935. The molecule has 0 aromatic rings. The van der Waals surface area contributed by atoms with Gasteiger partial charge >= 0.3 is 0 Å². The van der Waals surface area contributed by atoms with Crippen LogP contribution in [0.3, 0.4) is 0 Å². The van der Waals surface area contributed by atoms with Gasteiger partial charge in [0.05, 0.1) is 93.0 Å². The van der Waals surface area contributed by atoms with Crippen LogP contribution in [0.25, 0.3) is 0 Å². The van der Waals surface area contributed by atoms with Crippen LogP contribution in [0.4, 0.5) is 0 Å². The van der Waals surface area contributed by atoms with Gasteiger partial charge in [-0.3, -0.25) is 8.88 Å². The lowest BCUT2D eigenvalue weighted by Gasteiger charge is -2.39. The summed E-state index contributed by atoms with van der Waals surface area (Å²) in [5, 5.41) is 0. The van der Waals surface area contributed by atoms with Crippen LogP contribution < -0.4 is 14.7 Å². The average Bonchev–Trinajstić information content (AvgIpc) is 3.28. The first kappa shape index (κ1) is 72.4. The Labute approximate surface area is 414 Å². The van der Waals surface area contributed by atoms with E-state index in [1.165, 1.54) is 246 Å². The molecule has 0 N–H and O–H groups in total. The van der Waals surface area contributed by atoms with E-state index in [2.05, 4.69) is 91.9 Å². The fourth-order valence-corrected chi connectivity index (χ4v) is 10.1. The summed E-state index contributed by atoms with van der Waals surface area (Å²) < 4.78 is 32.3. The Morgan fingerprint density at radius 1 is 0.379 bits per heavy atom. The predicted molar refractivity (Wildman–Crippen MR) is 284 cm³/mol. The summed E-state index contributed by atoms with van der Waals surface area (Å²) >= 11 is 0. The lowest BCUT2D eigenvalue weighted by Crippen LogP contribution is -2.50. The highest BCUT2D eigenvalue weighted by molar-refractivity contribution is 7.58. The second-order valence-corrected chi connectivity index (χ2v) is 22.5. The molecule has 1 unspecified atom stereocenters. The highest BCUT2D eigenvalue weighted by Crippen LogP contribution is 2.50. The topological polar surface area (TPSA) is 122 Å². The van der Waals surface area contributed by atoms with Gasteiger partial charge in [-0.1, -0.05) is 172 Å². The summed E-state index contributed by atoms with van der Waals surface area (Å²) in [5.41, 5.74) is 0.957. The number of rotatable bonds is 42. The number of unbranched alkanes of at least 4 members (excludes halogenated alkanes) is 12. The molecule has 0 aromatic carbocycles. The standard InChI is InChI=1S/3C16H36N.C6H14O7P2/c3*1-5-9-13-17(14-10-6-2,15-11-7-3)16-12-8-4;1-6(2)4-3-5-12-15(10,11)13-14(7,8)9/h3*5-16H2,1-4H3;4H,3,5H2,1-2H3,(H,10,11)(H2,7,8,9)/q3*+1;/p-3. The fourth-order valence-electron chi connectivity index (χ4n) is 8.59. The first-order valence-corrected chi connectivity index (χ1v) is 31.1. The molecule has 10 nitrogen and oxygen atoms in total. The molecule has 0 radical (unpaired) electrons. The molecule has 0 bridgehead atoms. The van der Waals surface area contributed by atoms with Gasteiger partial charge in [0.25, 0.3) is 7.82 Å². The third kappa shape index (κ3) is 46.3. The maximum atomic E-state index is 10.7. The van der Waals surface area contributed by atoms with Gasteiger partial charge in [0.2, 0.25) is 0 Å². The minimum Gasteiger partial charge on any atom is -0.790 e. The van der Waals surface area contributed by atoms with Gasteiger partial charge in [-0.25, -0.2) is 0 Å². The molecule has 0 rings (SSSR count). The lowest BCUT2D eigenvalue weighted by molar-refractivity contribution is -0.929.